The summed E-state index contributed by atoms with van der Waals surface area (Å²) in [6, 6.07) is 11.2. The summed E-state index contributed by atoms with van der Waals surface area (Å²) in [6.07, 6.45) is -4.15. The fourth-order valence-electron chi connectivity index (χ4n) is 3.42. The highest BCUT2D eigenvalue weighted by Gasteiger charge is 2.33. The van der Waals surface area contributed by atoms with E-state index in [0.717, 1.165) is 12.1 Å². The van der Waals surface area contributed by atoms with Crippen LogP contribution in [0.25, 0.3) is 0 Å². The molecule has 180 valence electrons. The van der Waals surface area contributed by atoms with Gasteiger partial charge in [0.25, 0.3) is 0 Å². The number of alkyl halides is 3. The lowest BCUT2D eigenvalue weighted by Gasteiger charge is -2.30. The van der Waals surface area contributed by atoms with Gasteiger partial charge in [0.05, 0.1) is 17.4 Å². The number of hydrogen-bond acceptors (Lipinski definition) is 6. The third-order valence-corrected chi connectivity index (χ3v) is 7.01. The number of rotatable bonds is 8. The van der Waals surface area contributed by atoms with Crippen LogP contribution in [0.3, 0.4) is 0 Å². The van der Waals surface area contributed by atoms with Crippen molar-refractivity contribution in [3.05, 3.63) is 54.1 Å². The Hall–Kier alpha value is -2.79. The van der Waals surface area contributed by atoms with Crippen LogP contribution < -0.4 is 9.47 Å². The molecule has 1 fully saturated rings. The molecular formula is C22H24F3NO6S. The minimum Gasteiger partial charge on any atom is -0.494 e. The summed E-state index contributed by atoms with van der Waals surface area (Å²) in [4.78, 5) is 12.5. The minimum atomic E-state index is -4.77. The first-order chi connectivity index (χ1) is 15.6. The lowest BCUT2D eigenvalue weighted by Crippen LogP contribution is -2.40. The smallest absolute Gasteiger partial charge is 0.494 e. The van der Waals surface area contributed by atoms with Gasteiger partial charge in [-0.15, -0.1) is 13.2 Å². The molecule has 33 heavy (non-hydrogen) atoms. The van der Waals surface area contributed by atoms with Crippen molar-refractivity contribution in [3.8, 4) is 11.5 Å². The Balaban J connectivity index is 1.49. The average Bonchev–Trinajstić information content (AvgIpc) is 2.78. The molecule has 1 aliphatic rings. The number of benzene rings is 2. The Kier molecular flexibility index (Phi) is 7.85. The number of esters is 1. The molecule has 0 saturated carbocycles. The summed E-state index contributed by atoms with van der Waals surface area (Å²) in [5, 5.41) is 0. The molecule has 2 aromatic carbocycles. The van der Waals surface area contributed by atoms with Gasteiger partial charge in [0.1, 0.15) is 18.1 Å². The standard InChI is InChI=1S/C22H24F3NO6S/c1-2-30-18-7-9-20(10-8-18)33(28,29)26-13-11-17(12-14-26)21(27)31-15-16-3-5-19(6-4-16)32-22(23,24)25/h3-10,17H,2,11-15H2,1H3. The lowest BCUT2D eigenvalue weighted by molar-refractivity contribution is -0.274. The molecule has 2 aromatic rings. The predicted molar refractivity (Wildman–Crippen MR) is 112 cm³/mol. The first kappa shape index (κ1) is 24.8. The number of nitrogens with zero attached hydrogens (tertiary/aromatic N) is 1. The van der Waals surface area contributed by atoms with E-state index >= 15 is 0 Å². The molecule has 1 aliphatic heterocycles. The second kappa shape index (κ2) is 10.4. The highest BCUT2D eigenvalue weighted by Crippen LogP contribution is 2.27. The van der Waals surface area contributed by atoms with Gasteiger partial charge in [0, 0.05) is 13.1 Å². The van der Waals surface area contributed by atoms with Crippen molar-refractivity contribution in [1.82, 2.24) is 4.31 Å². The zero-order chi connectivity index (χ0) is 24.1. The molecular weight excluding hydrogens is 463 g/mol. The van der Waals surface area contributed by atoms with Crippen LogP contribution in [-0.2, 0) is 26.2 Å². The molecule has 0 bridgehead atoms. The second-order valence-electron chi connectivity index (χ2n) is 7.38. The maximum Gasteiger partial charge on any atom is 0.573 e. The van der Waals surface area contributed by atoms with Gasteiger partial charge in [-0.1, -0.05) is 12.1 Å². The Morgan fingerprint density at radius 3 is 2.12 bits per heavy atom. The second-order valence-corrected chi connectivity index (χ2v) is 9.32. The quantitative estimate of drug-likeness (QED) is 0.521. The molecule has 0 amide bonds. The van der Waals surface area contributed by atoms with Crippen LogP contribution in [0.2, 0.25) is 0 Å². The van der Waals surface area contributed by atoms with Gasteiger partial charge in [-0.25, -0.2) is 8.42 Å². The summed E-state index contributed by atoms with van der Waals surface area (Å²) >= 11 is 0. The van der Waals surface area contributed by atoms with Gasteiger partial charge >= 0.3 is 12.3 Å². The van der Waals surface area contributed by atoms with Crippen molar-refractivity contribution < 1.29 is 40.6 Å². The number of piperidine rings is 1. The first-order valence-corrected chi connectivity index (χ1v) is 11.8. The van der Waals surface area contributed by atoms with Gasteiger partial charge in [0.2, 0.25) is 10.0 Å². The van der Waals surface area contributed by atoms with Gasteiger partial charge in [0.15, 0.2) is 0 Å². The van der Waals surface area contributed by atoms with Crippen molar-refractivity contribution in [2.75, 3.05) is 19.7 Å². The summed E-state index contributed by atoms with van der Waals surface area (Å²) in [7, 11) is -3.68. The Morgan fingerprint density at radius 1 is 1.00 bits per heavy atom. The Morgan fingerprint density at radius 2 is 1.58 bits per heavy atom. The zero-order valence-electron chi connectivity index (χ0n) is 17.9. The third kappa shape index (κ3) is 6.84. The molecule has 0 N–H and O–H groups in total. The molecule has 0 unspecified atom stereocenters. The molecule has 1 heterocycles. The van der Waals surface area contributed by atoms with Crippen LogP contribution in [0.15, 0.2) is 53.4 Å². The number of hydrogen-bond donors (Lipinski definition) is 0. The van der Waals surface area contributed by atoms with E-state index in [2.05, 4.69) is 4.74 Å². The average molecular weight is 487 g/mol. The van der Waals surface area contributed by atoms with Gasteiger partial charge < -0.3 is 14.2 Å². The molecule has 11 heteroatoms. The van der Waals surface area contributed by atoms with Crippen molar-refractivity contribution in [3.63, 3.8) is 0 Å². The summed E-state index contributed by atoms with van der Waals surface area (Å²) in [5.74, 6) is -0.701. The largest absolute Gasteiger partial charge is 0.573 e. The van der Waals surface area contributed by atoms with Crippen molar-refractivity contribution >= 4 is 16.0 Å². The lowest BCUT2D eigenvalue weighted by atomic mass is 9.98. The van der Waals surface area contributed by atoms with Crippen LogP contribution in [0.4, 0.5) is 13.2 Å². The van der Waals surface area contributed by atoms with E-state index in [4.69, 9.17) is 9.47 Å². The van der Waals surface area contributed by atoms with Crippen molar-refractivity contribution in [2.24, 2.45) is 5.92 Å². The highest BCUT2D eigenvalue weighted by molar-refractivity contribution is 7.89. The molecule has 0 spiro atoms. The molecule has 0 radical (unpaired) electrons. The molecule has 3 rings (SSSR count). The first-order valence-electron chi connectivity index (χ1n) is 10.3. The highest BCUT2D eigenvalue weighted by atomic mass is 32.2. The van der Waals surface area contributed by atoms with Crippen LogP contribution in [0.5, 0.6) is 11.5 Å². The van der Waals surface area contributed by atoms with Gasteiger partial charge in [-0.05, 0) is 61.7 Å². The van der Waals surface area contributed by atoms with E-state index in [-0.39, 0.29) is 30.3 Å². The Bertz CT molecular complexity index is 1030. The molecule has 0 atom stereocenters. The summed E-state index contributed by atoms with van der Waals surface area (Å²) < 4.78 is 78.0. The molecule has 1 saturated heterocycles. The number of carbonyl (C=O) groups excluding carboxylic acids is 1. The number of halogens is 3. The van der Waals surface area contributed by atoms with Crippen LogP contribution in [0.1, 0.15) is 25.3 Å². The molecule has 0 aromatic heterocycles. The maximum atomic E-state index is 12.8. The zero-order valence-corrected chi connectivity index (χ0v) is 18.7. The topological polar surface area (TPSA) is 82.1 Å². The monoisotopic (exact) mass is 487 g/mol. The van der Waals surface area contributed by atoms with E-state index < -0.39 is 28.3 Å². The van der Waals surface area contributed by atoms with Crippen molar-refractivity contribution in [2.45, 2.75) is 37.6 Å². The summed E-state index contributed by atoms with van der Waals surface area (Å²) in [5.41, 5.74) is 0.508. The third-order valence-electron chi connectivity index (χ3n) is 5.10. The van der Waals surface area contributed by atoms with Crippen LogP contribution in [-0.4, -0.2) is 44.8 Å². The van der Waals surface area contributed by atoms with E-state index in [0.29, 0.717) is 30.8 Å². The Labute approximate surface area is 190 Å². The molecule has 0 aliphatic carbocycles. The fourth-order valence-corrected chi connectivity index (χ4v) is 4.88. The number of sulfonamides is 1. The SMILES string of the molecule is CCOc1ccc(S(=O)(=O)N2CCC(C(=O)OCc3ccc(OC(F)(F)F)cc3)CC2)cc1. The molecule has 7 nitrogen and oxygen atoms in total. The van der Waals surface area contributed by atoms with E-state index in [1.54, 1.807) is 12.1 Å². The summed E-state index contributed by atoms with van der Waals surface area (Å²) in [6.45, 7) is 2.57. The van der Waals surface area contributed by atoms with Crippen LogP contribution >= 0.6 is 0 Å². The van der Waals surface area contributed by atoms with Crippen LogP contribution in [0, 0.1) is 5.92 Å². The van der Waals surface area contributed by atoms with Gasteiger partial charge in [-0.2, -0.15) is 4.31 Å². The minimum absolute atomic E-state index is 0.101. The predicted octanol–water partition coefficient (Wildman–Crippen LogP) is 4.13. The van der Waals surface area contributed by atoms with E-state index in [1.807, 2.05) is 6.92 Å². The van der Waals surface area contributed by atoms with E-state index in [9.17, 15) is 26.4 Å². The number of ether oxygens (including phenoxy) is 3. The fraction of sp³-hybridized carbons (Fsp3) is 0.409. The van der Waals surface area contributed by atoms with Crippen molar-refractivity contribution in [1.29, 1.82) is 0 Å². The van der Waals surface area contributed by atoms with Gasteiger partial charge in [-0.3, -0.25) is 4.79 Å². The normalized spacial score (nSPS) is 15.8. The number of carbonyl (C=O) groups is 1. The van der Waals surface area contributed by atoms with E-state index in [1.165, 1.54) is 28.6 Å². The maximum absolute atomic E-state index is 12.8.